The fourth-order valence-corrected chi connectivity index (χ4v) is 2.99. The summed E-state index contributed by atoms with van der Waals surface area (Å²) >= 11 is 0. The van der Waals surface area contributed by atoms with Crippen LogP contribution in [0.25, 0.3) is 0 Å². The van der Waals surface area contributed by atoms with Crippen molar-refractivity contribution in [2.75, 3.05) is 27.3 Å². The second kappa shape index (κ2) is 8.38. The summed E-state index contributed by atoms with van der Waals surface area (Å²) in [4.78, 5) is 0. The fraction of sp³-hybridized carbons (Fsp3) is 0.625. The van der Waals surface area contributed by atoms with Gasteiger partial charge in [0.15, 0.2) is 11.5 Å². The van der Waals surface area contributed by atoms with Crippen molar-refractivity contribution in [2.45, 2.75) is 38.5 Å². The lowest BCUT2D eigenvalue weighted by atomic mass is 9.82. The number of nitrogens with one attached hydrogen (secondary N) is 1. The molecule has 1 N–H and O–H groups in total. The predicted molar refractivity (Wildman–Crippen MR) is 85.6 cm³/mol. The van der Waals surface area contributed by atoms with Gasteiger partial charge < -0.3 is 14.8 Å². The van der Waals surface area contributed by atoms with Gasteiger partial charge in [0, 0.05) is 12.1 Å². The van der Waals surface area contributed by atoms with Crippen LogP contribution in [-0.2, 0) is 6.42 Å². The molecule has 1 aliphatic carbocycles. The Morgan fingerprint density at radius 3 is 2.70 bits per heavy atom. The quantitative estimate of drug-likeness (QED) is 0.815. The molecule has 3 nitrogen and oxygen atoms in total. The summed E-state index contributed by atoms with van der Waals surface area (Å²) < 4.78 is 11.0. The minimum absolute atomic E-state index is 0. The third kappa shape index (κ3) is 3.58. The Hall–Kier alpha value is -0.930. The van der Waals surface area contributed by atoms with Crippen LogP contribution < -0.4 is 14.8 Å². The van der Waals surface area contributed by atoms with Crippen molar-refractivity contribution in [1.29, 1.82) is 0 Å². The molecule has 0 radical (unpaired) electrons. The molecule has 0 bridgehead atoms. The molecule has 0 spiro atoms. The van der Waals surface area contributed by atoms with E-state index < -0.39 is 0 Å². The highest BCUT2D eigenvalue weighted by Crippen LogP contribution is 2.41. The van der Waals surface area contributed by atoms with Gasteiger partial charge in [0.1, 0.15) is 0 Å². The summed E-state index contributed by atoms with van der Waals surface area (Å²) in [6, 6.07) is 4.25. The molecule has 4 heteroatoms. The summed E-state index contributed by atoms with van der Waals surface area (Å²) in [7, 11) is 3.43. The highest BCUT2D eigenvalue weighted by molar-refractivity contribution is 5.85. The minimum atomic E-state index is 0. The van der Waals surface area contributed by atoms with Crippen LogP contribution >= 0.6 is 12.4 Å². The molecule has 114 valence electrons. The lowest BCUT2D eigenvalue weighted by molar-refractivity contribution is 0.347. The van der Waals surface area contributed by atoms with Gasteiger partial charge in [-0.1, -0.05) is 13.0 Å². The first-order valence-corrected chi connectivity index (χ1v) is 7.26. The molecular weight excluding hydrogens is 274 g/mol. The molecule has 0 aliphatic heterocycles. The second-order valence-corrected chi connectivity index (χ2v) is 5.16. The number of rotatable bonds is 6. The number of halogens is 1. The molecule has 0 heterocycles. The van der Waals surface area contributed by atoms with E-state index in [1.165, 1.54) is 30.4 Å². The Morgan fingerprint density at radius 1 is 1.25 bits per heavy atom. The first-order valence-electron chi connectivity index (χ1n) is 7.26. The Balaban J connectivity index is 0.00000200. The van der Waals surface area contributed by atoms with Gasteiger partial charge in [0.25, 0.3) is 0 Å². The number of hydrogen-bond donors (Lipinski definition) is 1. The van der Waals surface area contributed by atoms with Crippen LogP contribution in [0.2, 0.25) is 0 Å². The molecule has 1 atom stereocenters. The van der Waals surface area contributed by atoms with Gasteiger partial charge in [0.05, 0.1) is 14.2 Å². The van der Waals surface area contributed by atoms with Crippen molar-refractivity contribution >= 4 is 12.4 Å². The van der Waals surface area contributed by atoms with Crippen LogP contribution in [0.4, 0.5) is 0 Å². The predicted octanol–water partition coefficient (Wildman–Crippen LogP) is 3.55. The lowest BCUT2D eigenvalue weighted by Gasteiger charge is -2.28. The van der Waals surface area contributed by atoms with E-state index in [4.69, 9.17) is 9.47 Å². The van der Waals surface area contributed by atoms with Gasteiger partial charge >= 0.3 is 0 Å². The summed E-state index contributed by atoms with van der Waals surface area (Å²) in [6.07, 6.45) is 4.78. The third-order valence-electron chi connectivity index (χ3n) is 3.92. The number of benzene rings is 1. The Labute approximate surface area is 128 Å². The van der Waals surface area contributed by atoms with E-state index in [0.717, 1.165) is 31.0 Å². The smallest absolute Gasteiger partial charge is 0.164 e. The summed E-state index contributed by atoms with van der Waals surface area (Å²) in [5.74, 6) is 2.39. The standard InChI is InChI=1S/C16H25NO2.ClH/c1-4-10-17-11-12-6-5-7-14-13(12)8-9-15(18-2)16(14)19-3;/h8-9,12,17H,4-7,10-11H2,1-3H3;1H. The SMILES string of the molecule is CCCNCC1CCCc2c1ccc(OC)c2OC.Cl. The molecule has 0 saturated carbocycles. The Bertz CT molecular complexity index is 423. The maximum absolute atomic E-state index is 5.56. The molecule has 0 fully saturated rings. The van der Waals surface area contributed by atoms with Gasteiger partial charge in [-0.2, -0.15) is 0 Å². The van der Waals surface area contributed by atoms with Crippen molar-refractivity contribution in [2.24, 2.45) is 0 Å². The van der Waals surface area contributed by atoms with Crippen molar-refractivity contribution in [1.82, 2.24) is 5.32 Å². The number of methoxy groups -OCH3 is 2. The molecule has 0 amide bonds. The fourth-order valence-electron chi connectivity index (χ4n) is 2.99. The molecule has 0 saturated heterocycles. The van der Waals surface area contributed by atoms with Crippen LogP contribution in [0, 0.1) is 0 Å². The summed E-state index contributed by atoms with van der Waals surface area (Å²) in [5.41, 5.74) is 2.78. The molecule has 1 unspecified atom stereocenters. The molecular formula is C16H26ClNO2. The number of fused-ring (bicyclic) bond motifs is 1. The zero-order chi connectivity index (χ0) is 13.7. The van der Waals surface area contributed by atoms with Gasteiger partial charge in [-0.15, -0.1) is 12.4 Å². The average Bonchev–Trinajstić information content (AvgIpc) is 2.46. The molecule has 2 rings (SSSR count). The molecule has 20 heavy (non-hydrogen) atoms. The van der Waals surface area contributed by atoms with Crippen LogP contribution in [0.3, 0.4) is 0 Å². The average molecular weight is 300 g/mol. The van der Waals surface area contributed by atoms with Crippen LogP contribution in [-0.4, -0.2) is 27.3 Å². The van der Waals surface area contributed by atoms with E-state index in [0.29, 0.717) is 5.92 Å². The number of hydrogen-bond acceptors (Lipinski definition) is 3. The highest BCUT2D eigenvalue weighted by atomic mass is 35.5. The summed E-state index contributed by atoms with van der Waals surface area (Å²) in [6.45, 7) is 4.37. The normalized spacial score (nSPS) is 17.1. The maximum Gasteiger partial charge on any atom is 0.164 e. The van der Waals surface area contributed by atoms with Crippen LogP contribution in [0.15, 0.2) is 12.1 Å². The molecule has 1 aromatic carbocycles. The summed E-state index contributed by atoms with van der Waals surface area (Å²) in [5, 5.41) is 3.54. The first kappa shape index (κ1) is 17.1. The van der Waals surface area contributed by atoms with Crippen molar-refractivity contribution in [3.63, 3.8) is 0 Å². The van der Waals surface area contributed by atoms with Gasteiger partial charge in [-0.25, -0.2) is 0 Å². The molecule has 1 aliphatic rings. The second-order valence-electron chi connectivity index (χ2n) is 5.16. The maximum atomic E-state index is 5.56. The highest BCUT2D eigenvalue weighted by Gasteiger charge is 2.24. The molecule has 0 aromatic heterocycles. The van der Waals surface area contributed by atoms with Gasteiger partial charge in [-0.05, 0) is 49.8 Å². The van der Waals surface area contributed by atoms with E-state index >= 15 is 0 Å². The van der Waals surface area contributed by atoms with E-state index in [1.807, 2.05) is 6.07 Å². The van der Waals surface area contributed by atoms with Gasteiger partial charge in [-0.3, -0.25) is 0 Å². The van der Waals surface area contributed by atoms with Gasteiger partial charge in [0.2, 0.25) is 0 Å². The molecule has 1 aromatic rings. The van der Waals surface area contributed by atoms with Crippen molar-refractivity contribution in [3.05, 3.63) is 23.3 Å². The van der Waals surface area contributed by atoms with E-state index in [1.54, 1.807) is 14.2 Å². The topological polar surface area (TPSA) is 30.5 Å². The Kier molecular flexibility index (Phi) is 7.17. The third-order valence-corrected chi connectivity index (χ3v) is 3.92. The van der Waals surface area contributed by atoms with E-state index in [9.17, 15) is 0 Å². The first-order chi connectivity index (χ1) is 9.31. The van der Waals surface area contributed by atoms with E-state index in [2.05, 4.69) is 18.3 Å². The number of ether oxygens (including phenoxy) is 2. The largest absolute Gasteiger partial charge is 0.493 e. The lowest BCUT2D eigenvalue weighted by Crippen LogP contribution is -2.25. The monoisotopic (exact) mass is 299 g/mol. The zero-order valence-electron chi connectivity index (χ0n) is 12.7. The van der Waals surface area contributed by atoms with Crippen molar-refractivity contribution in [3.8, 4) is 11.5 Å². The van der Waals surface area contributed by atoms with E-state index in [-0.39, 0.29) is 12.4 Å². The zero-order valence-corrected chi connectivity index (χ0v) is 13.5. The van der Waals surface area contributed by atoms with Crippen LogP contribution in [0.1, 0.15) is 43.2 Å². The van der Waals surface area contributed by atoms with Crippen molar-refractivity contribution < 1.29 is 9.47 Å². The Morgan fingerprint density at radius 2 is 2.05 bits per heavy atom. The van der Waals surface area contributed by atoms with Crippen LogP contribution in [0.5, 0.6) is 11.5 Å². The minimum Gasteiger partial charge on any atom is -0.493 e.